The van der Waals surface area contributed by atoms with Crippen molar-refractivity contribution in [3.05, 3.63) is 0 Å². The van der Waals surface area contributed by atoms with Crippen LogP contribution in [0.1, 0.15) is 0 Å². The number of hydrazine groups is 1. The monoisotopic (exact) mass is 115 g/mol. The van der Waals surface area contributed by atoms with Crippen LogP contribution in [0.25, 0.3) is 0 Å². The van der Waals surface area contributed by atoms with Crippen LogP contribution in [0.2, 0.25) is 0 Å². The molecule has 4 heteroatoms. The number of rotatable bonds is 0. The van der Waals surface area contributed by atoms with E-state index < -0.39 is 0 Å². The average molecular weight is 115 g/mol. The fraction of sp³-hybridized carbons (Fsp3) is 0.750. The van der Waals surface area contributed by atoms with Gasteiger partial charge in [-0.25, -0.2) is 5.84 Å². The molecule has 1 rings (SSSR count). The Morgan fingerprint density at radius 3 is 2.88 bits per heavy atom. The zero-order chi connectivity index (χ0) is 5.98. The smallest absolute Gasteiger partial charge is 0.250 e. The Morgan fingerprint density at radius 2 is 2.50 bits per heavy atom. The minimum absolute atomic E-state index is 0.0312. The lowest BCUT2D eigenvalue weighted by molar-refractivity contribution is -0.132. The zero-order valence-corrected chi connectivity index (χ0v) is 4.55. The molecule has 0 unspecified atom stereocenters. The summed E-state index contributed by atoms with van der Waals surface area (Å²) in [5.41, 5.74) is 0. The second kappa shape index (κ2) is 2.11. The van der Waals surface area contributed by atoms with Crippen LogP contribution in [-0.2, 0) is 4.79 Å². The summed E-state index contributed by atoms with van der Waals surface area (Å²) in [5, 5.41) is 4.13. The highest BCUT2D eigenvalue weighted by molar-refractivity contribution is 5.78. The topological polar surface area (TPSA) is 58.4 Å². The molecular formula is C4H9N3O. The Morgan fingerprint density at radius 1 is 1.75 bits per heavy atom. The first-order valence-corrected chi connectivity index (χ1v) is 2.56. The van der Waals surface area contributed by atoms with Crippen LogP contribution in [0, 0.1) is 0 Å². The predicted molar refractivity (Wildman–Crippen MR) is 28.8 cm³/mol. The van der Waals surface area contributed by atoms with Gasteiger partial charge in [0, 0.05) is 13.1 Å². The molecular weight excluding hydrogens is 106 g/mol. The number of hydrogen-bond acceptors (Lipinski definition) is 3. The summed E-state index contributed by atoms with van der Waals surface area (Å²) in [6, 6.07) is 0. The minimum Gasteiger partial charge on any atom is -0.307 e. The highest BCUT2D eigenvalue weighted by Crippen LogP contribution is 1.82. The largest absolute Gasteiger partial charge is 0.307 e. The zero-order valence-electron chi connectivity index (χ0n) is 4.55. The SMILES string of the molecule is NN1CCNCC1=O. The van der Waals surface area contributed by atoms with Gasteiger partial charge in [-0.3, -0.25) is 9.80 Å². The van der Waals surface area contributed by atoms with Gasteiger partial charge >= 0.3 is 0 Å². The molecule has 1 heterocycles. The van der Waals surface area contributed by atoms with Gasteiger partial charge in [-0.05, 0) is 0 Å². The van der Waals surface area contributed by atoms with E-state index in [1.165, 1.54) is 5.01 Å². The van der Waals surface area contributed by atoms with Crippen molar-refractivity contribution < 1.29 is 4.79 Å². The van der Waals surface area contributed by atoms with E-state index >= 15 is 0 Å². The van der Waals surface area contributed by atoms with Crippen molar-refractivity contribution in [1.29, 1.82) is 0 Å². The van der Waals surface area contributed by atoms with Gasteiger partial charge in [-0.1, -0.05) is 0 Å². The first-order valence-electron chi connectivity index (χ1n) is 2.56. The fourth-order valence-electron chi connectivity index (χ4n) is 0.621. The van der Waals surface area contributed by atoms with Crippen LogP contribution in [0.4, 0.5) is 0 Å². The maximum Gasteiger partial charge on any atom is 0.250 e. The minimum atomic E-state index is -0.0312. The Labute approximate surface area is 47.6 Å². The van der Waals surface area contributed by atoms with E-state index in [0.29, 0.717) is 13.1 Å². The lowest BCUT2D eigenvalue weighted by Gasteiger charge is -2.21. The molecule has 0 aliphatic carbocycles. The van der Waals surface area contributed by atoms with Gasteiger partial charge in [-0.15, -0.1) is 0 Å². The molecule has 0 aromatic rings. The number of hydrogen-bond donors (Lipinski definition) is 2. The van der Waals surface area contributed by atoms with Crippen LogP contribution in [0.15, 0.2) is 0 Å². The predicted octanol–water partition coefficient (Wildman–Crippen LogP) is -1.71. The molecule has 3 N–H and O–H groups in total. The summed E-state index contributed by atoms with van der Waals surface area (Å²) in [4.78, 5) is 10.5. The van der Waals surface area contributed by atoms with Gasteiger partial charge in [0.25, 0.3) is 0 Å². The third-order valence-corrected chi connectivity index (χ3v) is 1.13. The molecule has 1 aliphatic rings. The standard InChI is InChI=1S/C4H9N3O/c5-7-2-1-6-3-4(7)8/h6H,1-3,5H2. The number of amides is 1. The number of carbonyl (C=O) groups is 1. The molecule has 0 aromatic heterocycles. The van der Waals surface area contributed by atoms with Gasteiger partial charge in [0.15, 0.2) is 0 Å². The third kappa shape index (κ3) is 0.962. The van der Waals surface area contributed by atoms with Gasteiger partial charge in [0.05, 0.1) is 6.54 Å². The van der Waals surface area contributed by atoms with Gasteiger partial charge in [-0.2, -0.15) is 0 Å². The second-order valence-electron chi connectivity index (χ2n) is 1.76. The normalized spacial score (nSPS) is 21.6. The molecule has 0 aromatic carbocycles. The first kappa shape index (κ1) is 5.53. The lowest BCUT2D eigenvalue weighted by atomic mass is 10.4. The lowest BCUT2D eigenvalue weighted by Crippen LogP contribution is -2.51. The van der Waals surface area contributed by atoms with Crippen molar-refractivity contribution in [2.45, 2.75) is 0 Å². The number of nitrogens with two attached hydrogens (primary N) is 1. The number of carbonyl (C=O) groups excluding carboxylic acids is 1. The molecule has 1 amide bonds. The Hall–Kier alpha value is -0.610. The van der Waals surface area contributed by atoms with Crippen molar-refractivity contribution in [2.24, 2.45) is 5.84 Å². The van der Waals surface area contributed by atoms with Crippen LogP contribution >= 0.6 is 0 Å². The van der Waals surface area contributed by atoms with Crippen molar-refractivity contribution in [2.75, 3.05) is 19.6 Å². The first-order chi connectivity index (χ1) is 3.80. The molecule has 1 saturated heterocycles. The number of piperazine rings is 1. The fourth-order valence-corrected chi connectivity index (χ4v) is 0.621. The van der Waals surface area contributed by atoms with E-state index in [-0.39, 0.29) is 5.91 Å². The van der Waals surface area contributed by atoms with Crippen LogP contribution in [0.5, 0.6) is 0 Å². The summed E-state index contributed by atoms with van der Waals surface area (Å²) in [5.74, 6) is 5.19. The third-order valence-electron chi connectivity index (χ3n) is 1.13. The summed E-state index contributed by atoms with van der Waals surface area (Å²) in [7, 11) is 0. The highest BCUT2D eigenvalue weighted by atomic mass is 16.2. The maximum atomic E-state index is 10.5. The second-order valence-corrected chi connectivity index (χ2v) is 1.76. The van der Waals surface area contributed by atoms with Crippen LogP contribution in [-0.4, -0.2) is 30.6 Å². The van der Waals surface area contributed by atoms with E-state index in [1.54, 1.807) is 0 Å². The van der Waals surface area contributed by atoms with E-state index in [2.05, 4.69) is 5.32 Å². The molecule has 4 nitrogen and oxygen atoms in total. The number of nitrogens with one attached hydrogen (secondary N) is 1. The van der Waals surface area contributed by atoms with E-state index in [0.717, 1.165) is 6.54 Å². The molecule has 0 radical (unpaired) electrons. The summed E-state index contributed by atoms with van der Waals surface area (Å²) in [6.07, 6.45) is 0. The van der Waals surface area contributed by atoms with Crippen molar-refractivity contribution in [1.82, 2.24) is 10.3 Å². The highest BCUT2D eigenvalue weighted by Gasteiger charge is 2.12. The summed E-state index contributed by atoms with van der Waals surface area (Å²) >= 11 is 0. The maximum absolute atomic E-state index is 10.5. The Kier molecular flexibility index (Phi) is 1.45. The molecule has 8 heavy (non-hydrogen) atoms. The molecule has 1 aliphatic heterocycles. The van der Waals surface area contributed by atoms with E-state index in [9.17, 15) is 4.79 Å². The summed E-state index contributed by atoms with van der Waals surface area (Å²) < 4.78 is 0. The van der Waals surface area contributed by atoms with Crippen LogP contribution < -0.4 is 11.2 Å². The molecule has 0 spiro atoms. The molecule has 0 bridgehead atoms. The van der Waals surface area contributed by atoms with Crippen molar-refractivity contribution in [3.8, 4) is 0 Å². The van der Waals surface area contributed by atoms with Crippen molar-refractivity contribution in [3.63, 3.8) is 0 Å². The van der Waals surface area contributed by atoms with E-state index in [4.69, 9.17) is 5.84 Å². The molecule has 46 valence electrons. The van der Waals surface area contributed by atoms with Gasteiger partial charge in [0.2, 0.25) is 5.91 Å². The van der Waals surface area contributed by atoms with Crippen molar-refractivity contribution >= 4 is 5.91 Å². The molecule has 0 saturated carbocycles. The Balaban J connectivity index is 2.39. The van der Waals surface area contributed by atoms with Gasteiger partial charge in [0.1, 0.15) is 0 Å². The number of nitrogens with zero attached hydrogens (tertiary/aromatic N) is 1. The van der Waals surface area contributed by atoms with Gasteiger partial charge < -0.3 is 5.32 Å². The Bertz CT molecular complexity index is 103. The van der Waals surface area contributed by atoms with Crippen LogP contribution in [0.3, 0.4) is 0 Å². The molecule has 1 fully saturated rings. The average Bonchev–Trinajstić information content (AvgIpc) is 1.77. The van der Waals surface area contributed by atoms with E-state index in [1.807, 2.05) is 0 Å². The molecule has 0 atom stereocenters. The quantitative estimate of drug-likeness (QED) is 0.292. The summed E-state index contributed by atoms with van der Waals surface area (Å²) in [6.45, 7) is 1.82.